The molecule has 0 radical (unpaired) electrons. The maximum Gasteiger partial charge on any atom is 0.250 e. The highest BCUT2D eigenvalue weighted by atomic mass is 19.1. The molecule has 0 aliphatic heterocycles. The van der Waals surface area contributed by atoms with Gasteiger partial charge in [-0.1, -0.05) is 0 Å². The molecule has 5 heteroatoms. The zero-order valence-electron chi connectivity index (χ0n) is 10.4. The summed E-state index contributed by atoms with van der Waals surface area (Å²) in [6.45, 7) is 0. The fourth-order valence-corrected chi connectivity index (χ4v) is 2.06. The van der Waals surface area contributed by atoms with E-state index in [-0.39, 0.29) is 5.82 Å². The second-order valence-electron chi connectivity index (χ2n) is 4.32. The molecule has 20 heavy (non-hydrogen) atoms. The zero-order chi connectivity index (χ0) is 14.1. The molecule has 0 saturated carbocycles. The molecule has 98 valence electrons. The fourth-order valence-electron chi connectivity index (χ4n) is 2.06. The lowest BCUT2D eigenvalue weighted by Crippen LogP contribution is -2.13. The minimum atomic E-state index is -0.549. The molecule has 0 fully saturated rings. The number of carbonyl (C=O) groups is 1. The van der Waals surface area contributed by atoms with E-state index in [4.69, 9.17) is 5.73 Å². The van der Waals surface area contributed by atoms with Crippen LogP contribution in [0.1, 0.15) is 10.4 Å². The molecule has 0 aliphatic rings. The summed E-state index contributed by atoms with van der Waals surface area (Å²) >= 11 is 0. The predicted octanol–water partition coefficient (Wildman–Crippen LogP) is 2.53. The molecular formula is C15H10FN3O. The summed E-state index contributed by atoms with van der Waals surface area (Å²) < 4.78 is 13.1. The molecule has 0 unspecified atom stereocenters. The van der Waals surface area contributed by atoms with Gasteiger partial charge in [-0.3, -0.25) is 14.8 Å². The molecule has 0 saturated heterocycles. The van der Waals surface area contributed by atoms with Gasteiger partial charge in [0.2, 0.25) is 0 Å². The van der Waals surface area contributed by atoms with Crippen LogP contribution in [0.2, 0.25) is 0 Å². The van der Waals surface area contributed by atoms with Crippen molar-refractivity contribution in [3.05, 3.63) is 60.2 Å². The number of pyridine rings is 2. The number of benzene rings is 1. The maximum absolute atomic E-state index is 13.1. The molecule has 1 aromatic carbocycles. The number of hydrogen-bond acceptors (Lipinski definition) is 3. The van der Waals surface area contributed by atoms with Crippen molar-refractivity contribution in [2.24, 2.45) is 5.73 Å². The van der Waals surface area contributed by atoms with E-state index in [1.165, 1.54) is 12.1 Å². The Balaban J connectivity index is 2.20. The number of halogens is 1. The van der Waals surface area contributed by atoms with Crippen LogP contribution in [-0.2, 0) is 0 Å². The molecule has 0 atom stereocenters. The topological polar surface area (TPSA) is 68.9 Å². The van der Waals surface area contributed by atoms with Gasteiger partial charge in [0.15, 0.2) is 0 Å². The van der Waals surface area contributed by atoms with Crippen LogP contribution in [0.3, 0.4) is 0 Å². The van der Waals surface area contributed by atoms with E-state index < -0.39 is 5.91 Å². The highest BCUT2D eigenvalue weighted by Gasteiger charge is 2.11. The predicted molar refractivity (Wildman–Crippen MR) is 73.4 cm³/mol. The van der Waals surface area contributed by atoms with Crippen LogP contribution in [0.4, 0.5) is 4.39 Å². The molecule has 2 aromatic heterocycles. The van der Waals surface area contributed by atoms with Crippen molar-refractivity contribution in [3.63, 3.8) is 0 Å². The van der Waals surface area contributed by atoms with E-state index in [2.05, 4.69) is 9.97 Å². The van der Waals surface area contributed by atoms with Gasteiger partial charge in [-0.2, -0.15) is 0 Å². The van der Waals surface area contributed by atoms with Gasteiger partial charge in [-0.15, -0.1) is 0 Å². The average molecular weight is 267 g/mol. The molecule has 3 rings (SSSR count). The van der Waals surface area contributed by atoms with Gasteiger partial charge in [0.05, 0.1) is 16.8 Å². The van der Waals surface area contributed by atoms with Crippen LogP contribution in [0.15, 0.2) is 48.8 Å². The highest BCUT2D eigenvalue weighted by molar-refractivity contribution is 5.99. The van der Waals surface area contributed by atoms with Gasteiger partial charge in [0.1, 0.15) is 5.82 Å². The molecule has 0 aliphatic carbocycles. The van der Waals surface area contributed by atoms with E-state index in [0.29, 0.717) is 22.3 Å². The molecule has 3 aromatic rings. The van der Waals surface area contributed by atoms with Gasteiger partial charge < -0.3 is 5.73 Å². The first-order valence-corrected chi connectivity index (χ1v) is 5.95. The number of fused-ring (bicyclic) bond motifs is 1. The van der Waals surface area contributed by atoms with E-state index in [0.717, 1.165) is 5.39 Å². The molecule has 4 nitrogen and oxygen atoms in total. The third kappa shape index (κ3) is 2.09. The number of rotatable bonds is 2. The lowest BCUT2D eigenvalue weighted by Gasteiger charge is -2.06. The molecule has 1 amide bonds. The largest absolute Gasteiger partial charge is 0.366 e. The van der Waals surface area contributed by atoms with Gasteiger partial charge in [0.25, 0.3) is 5.91 Å². The van der Waals surface area contributed by atoms with E-state index >= 15 is 0 Å². The highest BCUT2D eigenvalue weighted by Crippen LogP contribution is 2.24. The third-order valence-corrected chi connectivity index (χ3v) is 2.99. The number of carbonyl (C=O) groups excluding carboxylic acids is 1. The van der Waals surface area contributed by atoms with Crippen LogP contribution in [-0.4, -0.2) is 15.9 Å². The summed E-state index contributed by atoms with van der Waals surface area (Å²) in [6, 6.07) is 9.41. The minimum absolute atomic E-state index is 0.329. The second-order valence-corrected chi connectivity index (χ2v) is 4.32. The van der Waals surface area contributed by atoms with Crippen molar-refractivity contribution in [2.45, 2.75) is 0 Å². The van der Waals surface area contributed by atoms with Crippen LogP contribution in [0.5, 0.6) is 0 Å². The van der Waals surface area contributed by atoms with Gasteiger partial charge in [-0.25, -0.2) is 4.39 Å². The molecule has 2 N–H and O–H groups in total. The molecule has 0 spiro atoms. The summed E-state index contributed by atoms with van der Waals surface area (Å²) in [5.41, 5.74) is 7.35. The van der Waals surface area contributed by atoms with Gasteiger partial charge in [-0.05, 0) is 30.3 Å². The second kappa shape index (κ2) is 4.70. The van der Waals surface area contributed by atoms with Crippen LogP contribution < -0.4 is 5.73 Å². The Bertz CT molecular complexity index is 817. The normalized spacial score (nSPS) is 10.7. The first-order valence-electron chi connectivity index (χ1n) is 5.95. The Kier molecular flexibility index (Phi) is 2.87. The SMILES string of the molecule is NC(=O)c1cccnc1-c1cnc2cc(F)ccc2c1. The van der Waals surface area contributed by atoms with Gasteiger partial charge in [0, 0.05) is 29.4 Å². The van der Waals surface area contributed by atoms with Crippen LogP contribution >= 0.6 is 0 Å². The summed E-state index contributed by atoms with van der Waals surface area (Å²) in [5.74, 6) is -0.888. The molecular weight excluding hydrogens is 257 g/mol. The third-order valence-electron chi connectivity index (χ3n) is 2.99. The van der Waals surface area contributed by atoms with Crippen molar-refractivity contribution >= 4 is 16.8 Å². The quantitative estimate of drug-likeness (QED) is 0.775. The lowest BCUT2D eigenvalue weighted by molar-refractivity contribution is 0.100. The van der Waals surface area contributed by atoms with E-state index in [1.54, 1.807) is 36.7 Å². The molecule has 0 bridgehead atoms. The Labute approximate surface area is 114 Å². The van der Waals surface area contributed by atoms with Crippen LogP contribution in [0.25, 0.3) is 22.2 Å². The number of primary amides is 1. The van der Waals surface area contributed by atoms with Gasteiger partial charge >= 0.3 is 0 Å². The zero-order valence-corrected chi connectivity index (χ0v) is 10.4. The standard InChI is InChI=1S/C15H10FN3O/c16-11-4-3-9-6-10(8-19-13(9)7-11)14-12(15(17)20)2-1-5-18-14/h1-8H,(H2,17,20). The minimum Gasteiger partial charge on any atom is -0.366 e. The monoisotopic (exact) mass is 267 g/mol. The van der Waals surface area contributed by atoms with Crippen molar-refractivity contribution < 1.29 is 9.18 Å². The molecule has 2 heterocycles. The summed E-state index contributed by atoms with van der Waals surface area (Å²) in [6.07, 6.45) is 3.13. The smallest absolute Gasteiger partial charge is 0.250 e. The summed E-state index contributed by atoms with van der Waals surface area (Å²) in [4.78, 5) is 19.8. The van der Waals surface area contributed by atoms with E-state index in [1.807, 2.05) is 0 Å². The average Bonchev–Trinajstić information content (AvgIpc) is 2.46. The van der Waals surface area contributed by atoms with Crippen molar-refractivity contribution in [2.75, 3.05) is 0 Å². The Morgan fingerprint density at radius 3 is 2.80 bits per heavy atom. The first kappa shape index (κ1) is 12.2. The van der Waals surface area contributed by atoms with Crippen molar-refractivity contribution in [3.8, 4) is 11.3 Å². The first-order chi connectivity index (χ1) is 9.65. The lowest BCUT2D eigenvalue weighted by atomic mass is 10.1. The van der Waals surface area contributed by atoms with Crippen LogP contribution in [0, 0.1) is 5.82 Å². The fraction of sp³-hybridized carbons (Fsp3) is 0. The van der Waals surface area contributed by atoms with Crippen molar-refractivity contribution in [1.29, 1.82) is 0 Å². The summed E-state index contributed by atoms with van der Waals surface area (Å²) in [7, 11) is 0. The Hall–Kier alpha value is -2.82. The van der Waals surface area contributed by atoms with Crippen molar-refractivity contribution in [1.82, 2.24) is 9.97 Å². The van der Waals surface area contributed by atoms with E-state index in [9.17, 15) is 9.18 Å². The number of nitrogens with two attached hydrogens (primary N) is 1. The number of hydrogen-bond donors (Lipinski definition) is 1. The number of aromatic nitrogens is 2. The number of amides is 1. The Morgan fingerprint density at radius 1 is 1.15 bits per heavy atom. The summed E-state index contributed by atoms with van der Waals surface area (Å²) in [5, 5.41) is 0.768. The maximum atomic E-state index is 13.1. The number of nitrogens with zero attached hydrogens (tertiary/aromatic N) is 2. The Morgan fingerprint density at radius 2 is 2.00 bits per heavy atom.